The molecule has 0 saturated carbocycles. The lowest BCUT2D eigenvalue weighted by molar-refractivity contribution is -0.117. The van der Waals surface area contributed by atoms with Gasteiger partial charge in [-0.05, 0) is 36.8 Å². The SMILES string of the molecule is CCOc1ccccc1N(C)C(=O)Cc1c[nH]c2ncccc12. The topological polar surface area (TPSA) is 58.2 Å². The van der Waals surface area contributed by atoms with E-state index < -0.39 is 0 Å². The molecule has 1 amide bonds. The molecule has 1 aromatic carbocycles. The summed E-state index contributed by atoms with van der Waals surface area (Å²) in [5.74, 6) is 0.716. The third-order valence-electron chi connectivity index (χ3n) is 3.78. The molecule has 0 aliphatic carbocycles. The molecule has 0 radical (unpaired) electrons. The fourth-order valence-electron chi connectivity index (χ4n) is 2.59. The van der Waals surface area contributed by atoms with Gasteiger partial charge in [0.25, 0.3) is 0 Å². The number of aromatic amines is 1. The maximum absolute atomic E-state index is 12.6. The monoisotopic (exact) mass is 309 g/mol. The van der Waals surface area contributed by atoms with Gasteiger partial charge in [0.15, 0.2) is 0 Å². The predicted molar refractivity (Wildman–Crippen MR) is 90.8 cm³/mol. The third-order valence-corrected chi connectivity index (χ3v) is 3.78. The van der Waals surface area contributed by atoms with Crippen LogP contribution >= 0.6 is 0 Å². The molecule has 0 fully saturated rings. The molecule has 0 aliphatic rings. The van der Waals surface area contributed by atoms with Crippen molar-refractivity contribution in [2.24, 2.45) is 0 Å². The predicted octanol–water partition coefficient (Wildman–Crippen LogP) is 3.17. The van der Waals surface area contributed by atoms with Gasteiger partial charge >= 0.3 is 0 Å². The van der Waals surface area contributed by atoms with Gasteiger partial charge in [-0.2, -0.15) is 0 Å². The van der Waals surface area contributed by atoms with Crippen molar-refractivity contribution in [2.75, 3.05) is 18.6 Å². The molecule has 0 spiro atoms. The summed E-state index contributed by atoms with van der Waals surface area (Å²) < 4.78 is 5.60. The summed E-state index contributed by atoms with van der Waals surface area (Å²) >= 11 is 0. The number of pyridine rings is 1. The van der Waals surface area contributed by atoms with Crippen molar-refractivity contribution >= 4 is 22.6 Å². The molecule has 3 rings (SSSR count). The highest BCUT2D eigenvalue weighted by atomic mass is 16.5. The second kappa shape index (κ2) is 6.52. The molecule has 3 aromatic rings. The van der Waals surface area contributed by atoms with Crippen LogP contribution in [0.4, 0.5) is 5.69 Å². The van der Waals surface area contributed by atoms with E-state index in [9.17, 15) is 4.79 Å². The van der Waals surface area contributed by atoms with Gasteiger partial charge in [0.2, 0.25) is 5.91 Å². The number of hydrogen-bond donors (Lipinski definition) is 1. The van der Waals surface area contributed by atoms with E-state index in [1.807, 2.05) is 49.5 Å². The normalized spacial score (nSPS) is 10.7. The molecular formula is C18H19N3O2. The summed E-state index contributed by atoms with van der Waals surface area (Å²) in [6, 6.07) is 11.4. The number of para-hydroxylation sites is 2. The first-order valence-electron chi connectivity index (χ1n) is 7.60. The molecule has 0 aliphatic heterocycles. The Kier molecular flexibility index (Phi) is 4.28. The van der Waals surface area contributed by atoms with E-state index in [2.05, 4.69) is 9.97 Å². The van der Waals surface area contributed by atoms with Gasteiger partial charge in [0.05, 0.1) is 18.7 Å². The van der Waals surface area contributed by atoms with Crippen molar-refractivity contribution in [1.29, 1.82) is 0 Å². The standard InChI is InChI=1S/C18H19N3O2/c1-3-23-16-9-5-4-8-15(16)21(2)17(22)11-13-12-20-18-14(13)7-6-10-19-18/h4-10,12H,3,11H2,1-2H3,(H,19,20). The molecule has 118 valence electrons. The zero-order chi connectivity index (χ0) is 16.2. The Bertz CT molecular complexity index is 826. The zero-order valence-electron chi connectivity index (χ0n) is 13.2. The second-order valence-corrected chi connectivity index (χ2v) is 5.24. The van der Waals surface area contributed by atoms with E-state index >= 15 is 0 Å². The highest BCUT2D eigenvalue weighted by Gasteiger charge is 2.17. The molecule has 2 heterocycles. The van der Waals surface area contributed by atoms with Crippen LogP contribution in [0.3, 0.4) is 0 Å². The number of H-pyrrole nitrogens is 1. The number of ether oxygens (including phenoxy) is 1. The number of anilines is 1. The number of fused-ring (bicyclic) bond motifs is 1. The lowest BCUT2D eigenvalue weighted by atomic mass is 10.1. The summed E-state index contributed by atoms with van der Waals surface area (Å²) in [5, 5.41) is 0.979. The van der Waals surface area contributed by atoms with E-state index in [1.165, 1.54) is 0 Å². The van der Waals surface area contributed by atoms with E-state index in [1.54, 1.807) is 18.1 Å². The van der Waals surface area contributed by atoms with Gasteiger partial charge in [-0.3, -0.25) is 4.79 Å². The molecule has 23 heavy (non-hydrogen) atoms. The first kappa shape index (κ1) is 15.1. The summed E-state index contributed by atoms with van der Waals surface area (Å²) in [6.07, 6.45) is 3.88. The maximum Gasteiger partial charge on any atom is 0.231 e. The van der Waals surface area contributed by atoms with Gasteiger partial charge in [0, 0.05) is 24.8 Å². The summed E-state index contributed by atoms with van der Waals surface area (Å²) in [4.78, 5) is 21.6. The molecular weight excluding hydrogens is 290 g/mol. The molecule has 5 nitrogen and oxygen atoms in total. The Morgan fingerprint density at radius 3 is 2.91 bits per heavy atom. The molecule has 0 saturated heterocycles. The van der Waals surface area contributed by atoms with Gasteiger partial charge in [-0.15, -0.1) is 0 Å². The van der Waals surface area contributed by atoms with Crippen LogP contribution in [0.2, 0.25) is 0 Å². The average Bonchev–Trinajstić information content (AvgIpc) is 2.98. The van der Waals surface area contributed by atoms with E-state index in [4.69, 9.17) is 4.74 Å². The molecule has 2 aromatic heterocycles. The fraction of sp³-hybridized carbons (Fsp3) is 0.222. The number of rotatable bonds is 5. The number of hydrogen-bond acceptors (Lipinski definition) is 3. The Balaban J connectivity index is 1.83. The van der Waals surface area contributed by atoms with Crippen LogP contribution in [0.15, 0.2) is 48.8 Å². The number of carbonyl (C=O) groups excluding carboxylic acids is 1. The van der Waals surface area contributed by atoms with Crippen LogP contribution in [0.25, 0.3) is 11.0 Å². The highest BCUT2D eigenvalue weighted by molar-refractivity contribution is 5.97. The number of amides is 1. The van der Waals surface area contributed by atoms with Crippen molar-refractivity contribution in [3.63, 3.8) is 0 Å². The largest absolute Gasteiger partial charge is 0.492 e. The van der Waals surface area contributed by atoms with Gasteiger partial charge in [-0.1, -0.05) is 12.1 Å². The number of benzene rings is 1. The Morgan fingerprint density at radius 1 is 1.26 bits per heavy atom. The number of aromatic nitrogens is 2. The van der Waals surface area contributed by atoms with Crippen molar-refractivity contribution in [3.05, 3.63) is 54.4 Å². The van der Waals surface area contributed by atoms with Crippen LogP contribution in [0.5, 0.6) is 5.75 Å². The van der Waals surface area contributed by atoms with Crippen molar-refractivity contribution in [1.82, 2.24) is 9.97 Å². The lowest BCUT2D eigenvalue weighted by Crippen LogP contribution is -2.28. The quantitative estimate of drug-likeness (QED) is 0.787. The number of nitrogens with zero attached hydrogens (tertiary/aromatic N) is 2. The molecule has 1 N–H and O–H groups in total. The van der Waals surface area contributed by atoms with Crippen molar-refractivity contribution in [2.45, 2.75) is 13.3 Å². The second-order valence-electron chi connectivity index (χ2n) is 5.24. The minimum absolute atomic E-state index is 0.00176. The first-order valence-corrected chi connectivity index (χ1v) is 7.60. The minimum Gasteiger partial charge on any atom is -0.492 e. The van der Waals surface area contributed by atoms with E-state index in [0.29, 0.717) is 18.8 Å². The van der Waals surface area contributed by atoms with Crippen LogP contribution in [0, 0.1) is 0 Å². The van der Waals surface area contributed by atoms with Crippen molar-refractivity contribution in [3.8, 4) is 5.75 Å². The van der Waals surface area contributed by atoms with E-state index in [0.717, 1.165) is 22.3 Å². The third kappa shape index (κ3) is 3.04. The van der Waals surface area contributed by atoms with Gasteiger partial charge in [0.1, 0.15) is 11.4 Å². The summed E-state index contributed by atoms with van der Waals surface area (Å²) in [6.45, 7) is 2.49. The first-order chi connectivity index (χ1) is 11.2. The number of likely N-dealkylation sites (N-methyl/N-ethyl adjacent to an activating group) is 1. The van der Waals surface area contributed by atoms with E-state index in [-0.39, 0.29) is 5.91 Å². The maximum atomic E-state index is 12.6. The highest BCUT2D eigenvalue weighted by Crippen LogP contribution is 2.28. The van der Waals surface area contributed by atoms with Crippen LogP contribution in [0.1, 0.15) is 12.5 Å². The van der Waals surface area contributed by atoms with Crippen molar-refractivity contribution < 1.29 is 9.53 Å². The number of nitrogens with one attached hydrogen (secondary N) is 1. The van der Waals surface area contributed by atoms with Crippen LogP contribution < -0.4 is 9.64 Å². The lowest BCUT2D eigenvalue weighted by Gasteiger charge is -2.20. The molecule has 0 atom stereocenters. The molecule has 0 unspecified atom stereocenters. The molecule has 0 bridgehead atoms. The van der Waals surface area contributed by atoms with Crippen LogP contribution in [-0.2, 0) is 11.2 Å². The average molecular weight is 309 g/mol. The summed E-state index contributed by atoms with van der Waals surface area (Å²) in [5.41, 5.74) is 2.52. The Labute approximate surface area is 134 Å². The summed E-state index contributed by atoms with van der Waals surface area (Å²) in [7, 11) is 1.77. The Morgan fingerprint density at radius 2 is 2.09 bits per heavy atom. The fourth-order valence-corrected chi connectivity index (χ4v) is 2.59. The van der Waals surface area contributed by atoms with Gasteiger partial charge < -0.3 is 14.6 Å². The smallest absolute Gasteiger partial charge is 0.231 e. The number of carbonyl (C=O) groups is 1. The minimum atomic E-state index is 0.00176. The van der Waals surface area contributed by atoms with Crippen LogP contribution in [-0.4, -0.2) is 29.5 Å². The zero-order valence-corrected chi connectivity index (χ0v) is 13.2. The Hall–Kier alpha value is -2.82. The molecule has 5 heteroatoms. The van der Waals surface area contributed by atoms with Gasteiger partial charge in [-0.25, -0.2) is 4.98 Å².